The minimum atomic E-state index is -2.15. The van der Waals surface area contributed by atoms with Crippen LogP contribution in [-0.2, 0) is 9.59 Å². The van der Waals surface area contributed by atoms with Crippen LogP contribution < -0.4 is 0 Å². The Morgan fingerprint density at radius 3 is 2.71 bits per heavy atom. The molecule has 28 heavy (non-hydrogen) atoms. The number of hydrogen-bond acceptors (Lipinski definition) is 5. The Morgan fingerprint density at radius 1 is 1.39 bits per heavy atom. The molecule has 0 heterocycles. The quantitative estimate of drug-likeness (QED) is 0.647. The molecule has 2 saturated carbocycles. The smallest absolute Gasteiger partial charge is 0.190 e. The van der Waals surface area contributed by atoms with Crippen LogP contribution in [0, 0.1) is 22.7 Å². The zero-order valence-corrected chi connectivity index (χ0v) is 16.5. The molecule has 0 aliphatic heterocycles. The standard InChI is InChI=1S/C21H24ClFO5/c1-18-5-3-11(25)7-14(18)15(22)8-13-12-4-6-20(28,17(27)10-24)19(12,2)9-16(26)21(13,18)23/h3,5,7-8,12-13,16,24,26,28H,4,6,9-10H2,1-2H3/t12-,13-,16-,18-,19-,20-,21-/m0/s1. The summed E-state index contributed by atoms with van der Waals surface area (Å²) in [6.07, 6.45) is 4.41. The molecule has 0 amide bonds. The van der Waals surface area contributed by atoms with Crippen molar-refractivity contribution in [1.29, 1.82) is 0 Å². The van der Waals surface area contributed by atoms with Crippen LogP contribution in [0.15, 0.2) is 34.9 Å². The summed E-state index contributed by atoms with van der Waals surface area (Å²) in [5.74, 6) is -2.31. The van der Waals surface area contributed by atoms with Crippen LogP contribution in [0.25, 0.3) is 0 Å². The number of aliphatic hydroxyl groups is 3. The Labute approximate surface area is 167 Å². The van der Waals surface area contributed by atoms with E-state index in [2.05, 4.69) is 0 Å². The predicted octanol–water partition coefficient (Wildman–Crippen LogP) is 1.99. The molecule has 3 N–H and O–H groups in total. The molecule has 7 atom stereocenters. The van der Waals surface area contributed by atoms with Gasteiger partial charge in [-0.3, -0.25) is 9.59 Å². The van der Waals surface area contributed by atoms with Crippen molar-refractivity contribution in [2.75, 3.05) is 6.61 Å². The highest BCUT2D eigenvalue weighted by Gasteiger charge is 2.73. The van der Waals surface area contributed by atoms with Crippen molar-refractivity contribution in [3.8, 4) is 0 Å². The number of carbonyl (C=O) groups is 2. The second-order valence-corrected chi connectivity index (χ2v) is 9.44. The predicted molar refractivity (Wildman–Crippen MR) is 100 cm³/mol. The SMILES string of the molecule is C[C@]12C=CC(=O)C=C1C(Cl)=C[C@H]1[C@@H]3CC[C@](O)(C(=O)CO)[C@@]3(C)C[C@H](O)[C@@]12F. The highest BCUT2D eigenvalue weighted by Crippen LogP contribution is 2.69. The fraction of sp³-hybridized carbons (Fsp3) is 0.619. The first-order valence-electron chi connectivity index (χ1n) is 9.52. The summed E-state index contributed by atoms with van der Waals surface area (Å²) in [5, 5.41) is 31.8. The largest absolute Gasteiger partial charge is 0.390 e. The maximum absolute atomic E-state index is 16.8. The number of carbonyl (C=O) groups excluding carboxylic acids is 2. The van der Waals surface area contributed by atoms with Gasteiger partial charge in [0.25, 0.3) is 0 Å². The number of rotatable bonds is 2. The lowest BCUT2D eigenvalue weighted by molar-refractivity contribution is -0.202. The second-order valence-electron chi connectivity index (χ2n) is 9.03. The fourth-order valence-electron chi connectivity index (χ4n) is 6.33. The van der Waals surface area contributed by atoms with Gasteiger partial charge in [-0.15, -0.1) is 0 Å². The number of halogens is 2. The van der Waals surface area contributed by atoms with Crippen molar-refractivity contribution in [3.63, 3.8) is 0 Å². The summed E-state index contributed by atoms with van der Waals surface area (Å²) < 4.78 is 16.8. The average molecular weight is 411 g/mol. The molecule has 4 aliphatic rings. The van der Waals surface area contributed by atoms with Gasteiger partial charge >= 0.3 is 0 Å². The molecule has 0 unspecified atom stereocenters. The summed E-state index contributed by atoms with van der Waals surface area (Å²) in [6, 6.07) is 0. The monoisotopic (exact) mass is 410 g/mol. The van der Waals surface area contributed by atoms with Crippen LogP contribution in [0.2, 0.25) is 0 Å². The van der Waals surface area contributed by atoms with E-state index in [0.717, 1.165) is 0 Å². The lowest BCUT2D eigenvalue weighted by Crippen LogP contribution is -2.68. The molecule has 7 heteroatoms. The molecule has 4 aliphatic carbocycles. The molecule has 152 valence electrons. The molecule has 0 bridgehead atoms. The summed E-state index contributed by atoms with van der Waals surface area (Å²) in [6.45, 7) is 2.49. The Hall–Kier alpha value is -1.34. The maximum Gasteiger partial charge on any atom is 0.190 e. The van der Waals surface area contributed by atoms with E-state index in [4.69, 9.17) is 11.6 Å². The topological polar surface area (TPSA) is 94.8 Å². The van der Waals surface area contributed by atoms with Crippen molar-refractivity contribution < 1.29 is 29.3 Å². The van der Waals surface area contributed by atoms with Gasteiger partial charge in [0, 0.05) is 21.8 Å². The molecular formula is C21H24ClFO5. The van der Waals surface area contributed by atoms with Gasteiger partial charge in [0.15, 0.2) is 17.2 Å². The minimum Gasteiger partial charge on any atom is -0.390 e. The summed E-state index contributed by atoms with van der Waals surface area (Å²) >= 11 is 6.46. The van der Waals surface area contributed by atoms with Crippen molar-refractivity contribution in [3.05, 3.63) is 34.9 Å². The van der Waals surface area contributed by atoms with Gasteiger partial charge in [-0.2, -0.15) is 0 Å². The summed E-state index contributed by atoms with van der Waals surface area (Å²) in [7, 11) is 0. The van der Waals surface area contributed by atoms with E-state index in [-0.39, 0.29) is 23.7 Å². The van der Waals surface area contributed by atoms with Gasteiger partial charge in [-0.1, -0.05) is 30.7 Å². The zero-order valence-electron chi connectivity index (χ0n) is 15.8. The Bertz CT molecular complexity index is 865. The molecule has 5 nitrogen and oxygen atoms in total. The number of hydrogen-bond donors (Lipinski definition) is 3. The van der Waals surface area contributed by atoms with Gasteiger partial charge in [0.05, 0.1) is 6.10 Å². The lowest BCUT2D eigenvalue weighted by atomic mass is 9.46. The Morgan fingerprint density at radius 2 is 2.07 bits per heavy atom. The number of Topliss-reactive ketones (excluding diaryl/α,β-unsaturated/α-hetero) is 1. The van der Waals surface area contributed by atoms with Gasteiger partial charge < -0.3 is 15.3 Å². The summed E-state index contributed by atoms with van der Waals surface area (Å²) in [5.41, 5.74) is -6.05. The second kappa shape index (κ2) is 5.85. The van der Waals surface area contributed by atoms with Crippen molar-refractivity contribution >= 4 is 23.2 Å². The van der Waals surface area contributed by atoms with Crippen molar-refractivity contribution in [2.45, 2.75) is 50.5 Å². The van der Waals surface area contributed by atoms with Gasteiger partial charge in [-0.25, -0.2) is 4.39 Å². The lowest BCUT2D eigenvalue weighted by Gasteiger charge is -2.61. The van der Waals surface area contributed by atoms with E-state index >= 15 is 4.39 Å². The molecule has 0 saturated heterocycles. The third-order valence-corrected chi connectivity index (χ3v) is 8.34. The Balaban J connectivity index is 1.90. The highest BCUT2D eigenvalue weighted by atomic mass is 35.5. The van der Waals surface area contributed by atoms with Crippen LogP contribution in [0.5, 0.6) is 0 Å². The minimum absolute atomic E-state index is 0.0893. The number of ketones is 2. The molecular weight excluding hydrogens is 387 g/mol. The molecule has 4 rings (SSSR count). The van der Waals surface area contributed by atoms with Gasteiger partial charge in [0.2, 0.25) is 0 Å². The number of allylic oxidation sites excluding steroid dienone is 6. The van der Waals surface area contributed by atoms with E-state index in [1.807, 2.05) is 0 Å². The zero-order chi connectivity index (χ0) is 20.7. The molecule has 0 aromatic rings. The number of alkyl halides is 1. The van der Waals surface area contributed by atoms with E-state index in [9.17, 15) is 24.9 Å². The molecule has 0 aromatic heterocycles. The normalized spacial score (nSPS) is 49.7. The Kier molecular flexibility index (Phi) is 4.17. The molecule has 0 radical (unpaired) electrons. The van der Waals surface area contributed by atoms with Crippen LogP contribution in [0.3, 0.4) is 0 Å². The van der Waals surface area contributed by atoms with Crippen LogP contribution in [0.4, 0.5) is 4.39 Å². The van der Waals surface area contributed by atoms with Gasteiger partial charge in [0.1, 0.15) is 12.2 Å². The van der Waals surface area contributed by atoms with Crippen LogP contribution in [0.1, 0.15) is 33.1 Å². The average Bonchev–Trinajstić information content (AvgIpc) is 2.91. The van der Waals surface area contributed by atoms with Crippen LogP contribution >= 0.6 is 11.6 Å². The fourth-order valence-corrected chi connectivity index (χ4v) is 6.72. The van der Waals surface area contributed by atoms with E-state index in [0.29, 0.717) is 12.0 Å². The van der Waals surface area contributed by atoms with E-state index in [1.54, 1.807) is 13.8 Å². The maximum atomic E-state index is 16.8. The molecule has 2 fully saturated rings. The number of fused-ring (bicyclic) bond motifs is 5. The summed E-state index contributed by atoms with van der Waals surface area (Å²) in [4.78, 5) is 24.2. The first kappa shape index (κ1) is 20.0. The highest BCUT2D eigenvalue weighted by molar-refractivity contribution is 6.33. The first-order chi connectivity index (χ1) is 13.0. The number of aliphatic hydroxyl groups excluding tert-OH is 2. The van der Waals surface area contributed by atoms with Crippen molar-refractivity contribution in [2.24, 2.45) is 22.7 Å². The third-order valence-electron chi connectivity index (χ3n) is 8.01. The van der Waals surface area contributed by atoms with E-state index in [1.165, 1.54) is 24.3 Å². The molecule has 0 spiro atoms. The first-order valence-corrected chi connectivity index (χ1v) is 9.90. The van der Waals surface area contributed by atoms with Crippen LogP contribution in [-0.4, -0.2) is 50.9 Å². The molecule has 0 aromatic carbocycles. The van der Waals surface area contributed by atoms with Gasteiger partial charge in [-0.05, 0) is 49.8 Å². The van der Waals surface area contributed by atoms with Crippen molar-refractivity contribution in [1.82, 2.24) is 0 Å². The third kappa shape index (κ3) is 2.07. The van der Waals surface area contributed by atoms with E-state index < -0.39 is 52.4 Å².